The van der Waals surface area contributed by atoms with Crippen LogP contribution >= 0.6 is 0 Å². The number of rotatable bonds is 6. The molecule has 0 aliphatic carbocycles. The van der Waals surface area contributed by atoms with Crippen molar-refractivity contribution in [2.24, 2.45) is 0 Å². The van der Waals surface area contributed by atoms with Gasteiger partial charge in [0.15, 0.2) is 0 Å². The molecular weight excluding hydrogens is 516 g/mol. The lowest BCUT2D eigenvalue weighted by atomic mass is 10.1. The molecule has 2 heterocycles. The van der Waals surface area contributed by atoms with Gasteiger partial charge in [-0.2, -0.15) is 0 Å². The van der Waals surface area contributed by atoms with Gasteiger partial charge in [-0.1, -0.05) is 84.9 Å². The molecule has 8 aromatic rings. The zero-order valence-corrected chi connectivity index (χ0v) is 22.7. The van der Waals surface area contributed by atoms with Gasteiger partial charge in [0.05, 0.1) is 0 Å². The molecule has 0 atom stereocenters. The van der Waals surface area contributed by atoms with Gasteiger partial charge >= 0.3 is 0 Å². The molecule has 0 aliphatic heterocycles. The number of fused-ring (bicyclic) bond motifs is 5. The maximum Gasteiger partial charge on any atom is 0.205 e. The monoisotopic (exact) mass is 542 g/mol. The number of hydrogen-bond donors (Lipinski definition) is 0. The van der Waals surface area contributed by atoms with Gasteiger partial charge in [-0.25, -0.2) is 0 Å². The van der Waals surface area contributed by atoms with Gasteiger partial charge in [0.1, 0.15) is 11.2 Å². The van der Waals surface area contributed by atoms with Crippen LogP contribution in [0.1, 0.15) is 0 Å². The van der Waals surface area contributed by atoms with Crippen molar-refractivity contribution in [1.29, 1.82) is 0 Å². The average molecular weight is 543 g/mol. The summed E-state index contributed by atoms with van der Waals surface area (Å²) in [4.78, 5) is 4.29. The first kappa shape index (κ1) is 24.1. The molecule has 4 heteroatoms. The molecule has 0 bridgehead atoms. The van der Waals surface area contributed by atoms with Crippen LogP contribution in [0.15, 0.2) is 167 Å². The fourth-order valence-electron chi connectivity index (χ4n) is 5.71. The van der Waals surface area contributed by atoms with E-state index >= 15 is 0 Å². The molecule has 0 spiro atoms. The van der Waals surface area contributed by atoms with E-state index in [1.54, 1.807) is 0 Å². The highest BCUT2D eigenvalue weighted by molar-refractivity contribution is 6.15. The largest absolute Gasteiger partial charge is 0.439 e. The van der Waals surface area contributed by atoms with Gasteiger partial charge < -0.3 is 8.83 Å². The third-order valence-electron chi connectivity index (χ3n) is 7.63. The quantitative estimate of drug-likeness (QED) is 0.209. The molecule has 0 aliphatic rings. The van der Waals surface area contributed by atoms with Gasteiger partial charge in [0.25, 0.3) is 0 Å². The normalized spacial score (nSPS) is 11.3. The van der Waals surface area contributed by atoms with Crippen molar-refractivity contribution in [2.45, 2.75) is 0 Å². The van der Waals surface area contributed by atoms with Gasteiger partial charge in [-0.15, -0.1) is 0 Å². The fraction of sp³-hybridized carbons (Fsp3) is 0. The lowest BCUT2D eigenvalue weighted by Crippen LogP contribution is -2.08. The highest BCUT2D eigenvalue weighted by Gasteiger charge is 2.21. The van der Waals surface area contributed by atoms with E-state index in [0.717, 1.165) is 67.2 Å². The Hall–Kier alpha value is -5.74. The highest BCUT2D eigenvalue weighted by atomic mass is 16.4. The van der Waals surface area contributed by atoms with Crippen molar-refractivity contribution in [3.63, 3.8) is 0 Å². The molecule has 0 radical (unpaired) electrons. The molecule has 0 N–H and O–H groups in total. The van der Waals surface area contributed by atoms with Crippen LogP contribution in [0.4, 0.5) is 34.5 Å². The van der Waals surface area contributed by atoms with Crippen LogP contribution in [-0.4, -0.2) is 0 Å². The maximum atomic E-state index is 6.67. The molecule has 0 amide bonds. The Kier molecular flexibility index (Phi) is 5.75. The third-order valence-corrected chi connectivity index (χ3v) is 7.63. The summed E-state index contributed by atoms with van der Waals surface area (Å²) in [5, 5.41) is 4.10. The molecule has 42 heavy (non-hydrogen) atoms. The van der Waals surface area contributed by atoms with Crippen LogP contribution in [-0.2, 0) is 0 Å². The van der Waals surface area contributed by atoms with Gasteiger partial charge in [0, 0.05) is 56.4 Å². The predicted octanol–water partition coefficient (Wildman–Crippen LogP) is 11.3. The van der Waals surface area contributed by atoms with Crippen molar-refractivity contribution in [3.05, 3.63) is 158 Å². The second-order valence-corrected chi connectivity index (χ2v) is 10.2. The van der Waals surface area contributed by atoms with Gasteiger partial charge in [-0.05, 0) is 60.7 Å². The molecule has 0 saturated heterocycles. The molecule has 0 unspecified atom stereocenters. The molecule has 6 aromatic carbocycles. The summed E-state index contributed by atoms with van der Waals surface area (Å²) in [6.07, 6.45) is 0. The Labute approximate surface area is 243 Å². The van der Waals surface area contributed by atoms with Crippen molar-refractivity contribution in [2.75, 3.05) is 9.80 Å². The van der Waals surface area contributed by atoms with Crippen molar-refractivity contribution in [1.82, 2.24) is 0 Å². The minimum atomic E-state index is 0.759. The van der Waals surface area contributed by atoms with Crippen LogP contribution in [0, 0.1) is 0 Å². The third kappa shape index (κ3) is 4.09. The van der Waals surface area contributed by atoms with E-state index in [-0.39, 0.29) is 0 Å². The summed E-state index contributed by atoms with van der Waals surface area (Å²) < 4.78 is 13.3. The number of para-hydroxylation sites is 4. The molecule has 0 saturated carbocycles. The number of anilines is 6. The van der Waals surface area contributed by atoms with Crippen LogP contribution in [0.25, 0.3) is 32.7 Å². The first-order chi connectivity index (χ1) is 20.8. The number of nitrogens with zero attached hydrogens (tertiary/aromatic N) is 2. The average Bonchev–Trinajstić information content (AvgIpc) is 3.68. The molecule has 0 fully saturated rings. The number of benzene rings is 6. The van der Waals surface area contributed by atoms with Gasteiger partial charge in [0.2, 0.25) is 11.8 Å². The summed E-state index contributed by atoms with van der Waals surface area (Å²) in [6.45, 7) is 0. The van der Waals surface area contributed by atoms with E-state index in [4.69, 9.17) is 8.83 Å². The summed E-state index contributed by atoms with van der Waals surface area (Å²) in [7, 11) is 0. The van der Waals surface area contributed by atoms with E-state index in [9.17, 15) is 0 Å². The van der Waals surface area contributed by atoms with Crippen molar-refractivity contribution in [3.8, 4) is 0 Å². The maximum absolute atomic E-state index is 6.67. The highest BCUT2D eigenvalue weighted by Crippen LogP contribution is 2.43. The summed E-state index contributed by atoms with van der Waals surface area (Å²) in [5.74, 6) is 1.52. The number of furan rings is 2. The lowest BCUT2D eigenvalue weighted by molar-refractivity contribution is 0.621. The number of hydrogen-bond acceptors (Lipinski definition) is 4. The molecule has 2 aromatic heterocycles. The van der Waals surface area contributed by atoms with Gasteiger partial charge in [-0.3, -0.25) is 9.80 Å². The Balaban J connectivity index is 1.29. The zero-order chi connectivity index (χ0) is 27.9. The lowest BCUT2D eigenvalue weighted by Gasteiger charge is -2.22. The van der Waals surface area contributed by atoms with Crippen molar-refractivity contribution < 1.29 is 8.83 Å². The Morgan fingerprint density at radius 2 is 0.643 bits per heavy atom. The molecule has 4 nitrogen and oxygen atoms in total. The fourth-order valence-corrected chi connectivity index (χ4v) is 5.71. The summed E-state index contributed by atoms with van der Waals surface area (Å²) in [5.41, 5.74) is 5.81. The second-order valence-electron chi connectivity index (χ2n) is 10.2. The van der Waals surface area contributed by atoms with Crippen LogP contribution < -0.4 is 9.80 Å². The SMILES string of the molecule is c1ccc(N(c2ccccc2)c2cc3ccc4c(ccc5cc(N(c6ccccc6)c6ccccc6)oc54)c3o2)cc1. The minimum absolute atomic E-state index is 0.759. The van der Waals surface area contributed by atoms with E-state index in [1.165, 1.54) is 0 Å². The second kappa shape index (κ2) is 10.0. The van der Waals surface area contributed by atoms with Crippen LogP contribution in [0.2, 0.25) is 0 Å². The first-order valence-corrected chi connectivity index (χ1v) is 14.0. The Morgan fingerprint density at radius 3 is 0.952 bits per heavy atom. The van der Waals surface area contributed by atoms with Crippen LogP contribution in [0.5, 0.6) is 0 Å². The minimum Gasteiger partial charge on any atom is -0.439 e. The van der Waals surface area contributed by atoms with E-state index in [2.05, 4.69) is 94.7 Å². The topological polar surface area (TPSA) is 32.8 Å². The van der Waals surface area contributed by atoms with E-state index < -0.39 is 0 Å². The summed E-state index contributed by atoms with van der Waals surface area (Å²) in [6, 6.07) is 53.9. The molecular formula is C38H26N2O2. The zero-order valence-electron chi connectivity index (χ0n) is 22.7. The Bertz CT molecular complexity index is 1900. The predicted molar refractivity (Wildman–Crippen MR) is 173 cm³/mol. The van der Waals surface area contributed by atoms with Crippen LogP contribution in [0.3, 0.4) is 0 Å². The Morgan fingerprint density at radius 1 is 0.333 bits per heavy atom. The molecule has 8 rings (SSSR count). The van der Waals surface area contributed by atoms with Crippen molar-refractivity contribution >= 4 is 67.2 Å². The smallest absolute Gasteiger partial charge is 0.205 e. The first-order valence-electron chi connectivity index (χ1n) is 14.0. The molecule has 200 valence electrons. The standard InChI is InChI=1S/C38H26N2O2/c1-5-13-29(14-6-1)39(30-15-7-2-8-16-30)35-25-27-21-23-34-33(37(27)41-35)24-22-28-26-36(42-38(28)34)40(31-17-9-3-10-18-31)32-19-11-4-12-20-32/h1-26H. The summed E-state index contributed by atoms with van der Waals surface area (Å²) >= 11 is 0. The van der Waals surface area contributed by atoms with E-state index in [1.807, 2.05) is 72.8 Å². The van der Waals surface area contributed by atoms with E-state index in [0.29, 0.717) is 0 Å².